The number of allylic oxidation sites excluding steroid dienone is 2. The maximum absolute atomic E-state index is 6.87. The van der Waals surface area contributed by atoms with Crippen LogP contribution in [0.25, 0.3) is 11.1 Å². The van der Waals surface area contributed by atoms with Crippen molar-refractivity contribution in [3.8, 4) is 16.9 Å². The lowest BCUT2D eigenvalue weighted by atomic mass is 9.68. The summed E-state index contributed by atoms with van der Waals surface area (Å²) in [5.41, 5.74) is 2.46. The van der Waals surface area contributed by atoms with Crippen molar-refractivity contribution >= 4 is 0 Å². The maximum atomic E-state index is 6.87. The number of ether oxygens (including phenoxy) is 1. The summed E-state index contributed by atoms with van der Waals surface area (Å²) in [6.45, 7) is 2.39. The van der Waals surface area contributed by atoms with E-state index in [-0.39, 0.29) is 5.60 Å². The third kappa shape index (κ3) is 1.98. The van der Waals surface area contributed by atoms with Gasteiger partial charge in [-0.15, -0.1) is 0 Å². The lowest BCUT2D eigenvalue weighted by molar-refractivity contribution is -0.0176. The van der Waals surface area contributed by atoms with E-state index in [1.807, 2.05) is 0 Å². The molecule has 0 N–H and O–H groups in total. The highest BCUT2D eigenvalue weighted by Crippen LogP contribution is 2.68. The van der Waals surface area contributed by atoms with Crippen molar-refractivity contribution in [2.75, 3.05) is 0 Å². The quantitative estimate of drug-likeness (QED) is 0.493. The average Bonchev–Trinajstić information content (AvgIpc) is 3.41. The van der Waals surface area contributed by atoms with Crippen LogP contribution >= 0.6 is 0 Å². The largest absolute Gasteiger partial charge is 0.487 e. The number of fused-ring (bicyclic) bond motifs is 9. The summed E-state index contributed by atoms with van der Waals surface area (Å²) in [4.78, 5) is 0. The molecule has 2 aromatic carbocycles. The van der Waals surface area contributed by atoms with Gasteiger partial charge in [-0.05, 0) is 67.4 Å². The van der Waals surface area contributed by atoms with E-state index in [1.54, 1.807) is 0 Å². The number of benzene rings is 2. The highest BCUT2D eigenvalue weighted by atomic mass is 16.5. The second kappa shape index (κ2) is 5.25. The van der Waals surface area contributed by atoms with E-state index in [1.165, 1.54) is 30.4 Å². The van der Waals surface area contributed by atoms with E-state index >= 15 is 0 Å². The Balaban J connectivity index is 1.34. The van der Waals surface area contributed by atoms with E-state index in [0.717, 1.165) is 41.3 Å². The molecular weight excluding hydrogens is 316 g/mol. The Kier molecular flexibility index (Phi) is 3.05. The van der Waals surface area contributed by atoms with Crippen LogP contribution in [0, 0.1) is 35.5 Å². The smallest absolute Gasteiger partial charge is 0.127 e. The molecule has 2 aromatic rings. The zero-order chi connectivity index (χ0) is 17.3. The monoisotopic (exact) mass is 342 g/mol. The van der Waals surface area contributed by atoms with Crippen molar-refractivity contribution < 1.29 is 4.74 Å². The molecule has 3 saturated carbocycles. The molecule has 1 nitrogen and oxygen atoms in total. The summed E-state index contributed by atoms with van der Waals surface area (Å²) in [7, 11) is 0. The Morgan fingerprint density at radius 2 is 1.58 bits per heavy atom. The molecule has 0 amide bonds. The van der Waals surface area contributed by atoms with E-state index in [9.17, 15) is 0 Å². The molecule has 26 heavy (non-hydrogen) atoms. The summed E-state index contributed by atoms with van der Waals surface area (Å²) in [6, 6.07) is 19.3. The molecule has 4 aliphatic carbocycles. The third-order valence-electron chi connectivity index (χ3n) is 7.92. The first-order valence-electron chi connectivity index (χ1n) is 10.2. The van der Waals surface area contributed by atoms with E-state index < -0.39 is 0 Å². The fraction of sp³-hybridized carbons (Fsp3) is 0.440. The molecule has 132 valence electrons. The van der Waals surface area contributed by atoms with Gasteiger partial charge in [0.05, 0.1) is 0 Å². The average molecular weight is 342 g/mol. The summed E-state index contributed by atoms with van der Waals surface area (Å²) in [6.07, 6.45) is 9.08. The number of hydrogen-bond donors (Lipinski definition) is 0. The number of rotatable bonds is 3. The SMILES string of the molecule is CC1(Oc2ccccc2-c2ccccc2)CC2CC1C1C3C=CC(C3)C21. The molecule has 0 radical (unpaired) electrons. The number of para-hydroxylation sites is 1. The van der Waals surface area contributed by atoms with Crippen LogP contribution in [0.3, 0.4) is 0 Å². The van der Waals surface area contributed by atoms with Crippen molar-refractivity contribution in [1.29, 1.82) is 0 Å². The zero-order valence-corrected chi connectivity index (χ0v) is 15.3. The summed E-state index contributed by atoms with van der Waals surface area (Å²) in [5, 5.41) is 0. The Hall–Kier alpha value is -2.02. The van der Waals surface area contributed by atoms with Gasteiger partial charge in [0.2, 0.25) is 0 Å². The van der Waals surface area contributed by atoms with Gasteiger partial charge in [-0.25, -0.2) is 0 Å². The van der Waals surface area contributed by atoms with E-state index in [0.29, 0.717) is 0 Å². The van der Waals surface area contributed by atoms with E-state index in [4.69, 9.17) is 4.74 Å². The fourth-order valence-electron chi connectivity index (χ4n) is 7.10. The minimum Gasteiger partial charge on any atom is -0.487 e. The molecule has 0 aliphatic heterocycles. The normalized spacial score (nSPS) is 41.6. The summed E-state index contributed by atoms with van der Waals surface area (Å²) in [5.74, 6) is 6.19. The van der Waals surface area contributed by atoms with Crippen LogP contribution in [0.1, 0.15) is 26.2 Å². The van der Waals surface area contributed by atoms with Crippen LogP contribution in [0.15, 0.2) is 66.7 Å². The van der Waals surface area contributed by atoms with Gasteiger partial charge in [0.25, 0.3) is 0 Å². The van der Waals surface area contributed by atoms with Gasteiger partial charge in [0.15, 0.2) is 0 Å². The van der Waals surface area contributed by atoms with Crippen molar-refractivity contribution in [2.45, 2.75) is 31.8 Å². The van der Waals surface area contributed by atoms with Crippen LogP contribution < -0.4 is 4.74 Å². The van der Waals surface area contributed by atoms with Crippen molar-refractivity contribution in [3.63, 3.8) is 0 Å². The van der Waals surface area contributed by atoms with Gasteiger partial charge in [-0.2, -0.15) is 0 Å². The predicted molar refractivity (Wildman–Crippen MR) is 105 cm³/mol. The molecule has 7 unspecified atom stereocenters. The Morgan fingerprint density at radius 3 is 2.42 bits per heavy atom. The van der Waals surface area contributed by atoms with Gasteiger partial charge in [0.1, 0.15) is 11.4 Å². The van der Waals surface area contributed by atoms with Crippen LogP contribution in [-0.2, 0) is 0 Å². The second-order valence-electron chi connectivity index (χ2n) is 9.19. The van der Waals surface area contributed by atoms with Crippen LogP contribution in [0.4, 0.5) is 0 Å². The fourth-order valence-corrected chi connectivity index (χ4v) is 7.10. The molecule has 1 heteroatoms. The predicted octanol–water partition coefficient (Wildman–Crippen LogP) is 5.97. The van der Waals surface area contributed by atoms with Crippen molar-refractivity contribution in [2.24, 2.45) is 35.5 Å². The van der Waals surface area contributed by atoms with Crippen LogP contribution in [-0.4, -0.2) is 5.60 Å². The minimum atomic E-state index is -0.00492. The molecule has 0 saturated heterocycles. The first-order chi connectivity index (χ1) is 12.7. The van der Waals surface area contributed by atoms with Gasteiger partial charge in [-0.3, -0.25) is 0 Å². The van der Waals surface area contributed by atoms with Crippen LogP contribution in [0.2, 0.25) is 0 Å². The molecule has 4 bridgehead atoms. The molecule has 3 fully saturated rings. The molecule has 0 heterocycles. The standard InChI is InChI=1S/C25H26O/c1-25(15-19-14-21(25)24-18-12-11-17(13-18)23(19)24)26-22-10-6-5-9-20(22)16-7-3-2-4-8-16/h2-12,17-19,21,23-24H,13-15H2,1H3. The minimum absolute atomic E-state index is 0.00492. The van der Waals surface area contributed by atoms with Gasteiger partial charge < -0.3 is 4.74 Å². The van der Waals surface area contributed by atoms with E-state index in [2.05, 4.69) is 73.7 Å². The molecule has 7 atom stereocenters. The topological polar surface area (TPSA) is 9.23 Å². The zero-order valence-electron chi connectivity index (χ0n) is 15.3. The molecule has 0 aromatic heterocycles. The Labute approximate surface area is 156 Å². The molecular formula is C25H26O. The van der Waals surface area contributed by atoms with Gasteiger partial charge >= 0.3 is 0 Å². The maximum Gasteiger partial charge on any atom is 0.127 e. The van der Waals surface area contributed by atoms with Crippen LogP contribution in [0.5, 0.6) is 5.75 Å². The first-order valence-corrected chi connectivity index (χ1v) is 10.2. The molecule has 0 spiro atoms. The van der Waals surface area contributed by atoms with Gasteiger partial charge in [0, 0.05) is 11.5 Å². The second-order valence-corrected chi connectivity index (χ2v) is 9.19. The molecule has 4 aliphatic rings. The third-order valence-corrected chi connectivity index (χ3v) is 7.92. The van der Waals surface area contributed by atoms with Crippen molar-refractivity contribution in [3.05, 3.63) is 66.7 Å². The first kappa shape index (κ1) is 15.1. The highest BCUT2D eigenvalue weighted by molar-refractivity contribution is 5.70. The number of hydrogen-bond acceptors (Lipinski definition) is 1. The summed E-state index contributed by atoms with van der Waals surface area (Å²) >= 11 is 0. The Morgan fingerprint density at radius 1 is 0.846 bits per heavy atom. The Bertz CT molecular complexity index is 869. The van der Waals surface area contributed by atoms with Gasteiger partial charge in [-0.1, -0.05) is 60.7 Å². The highest BCUT2D eigenvalue weighted by Gasteiger charge is 2.65. The lowest BCUT2D eigenvalue weighted by Gasteiger charge is -2.43. The lowest BCUT2D eigenvalue weighted by Crippen LogP contribution is -2.46. The summed E-state index contributed by atoms with van der Waals surface area (Å²) < 4.78 is 6.87. The van der Waals surface area contributed by atoms with Crippen molar-refractivity contribution in [1.82, 2.24) is 0 Å². The molecule has 6 rings (SSSR count).